The normalized spacial score (nSPS) is 20.5. The van der Waals surface area contributed by atoms with Gasteiger partial charge in [-0.3, -0.25) is 4.79 Å². The molecule has 2 rings (SSSR count). The summed E-state index contributed by atoms with van der Waals surface area (Å²) in [4.78, 5) is 20.9. The van der Waals surface area contributed by atoms with Crippen LogP contribution in [0.25, 0.3) is 0 Å². The summed E-state index contributed by atoms with van der Waals surface area (Å²) in [7, 11) is 0. The first kappa shape index (κ1) is 9.89. The molecule has 15 heavy (non-hydrogen) atoms. The van der Waals surface area contributed by atoms with Gasteiger partial charge in [-0.15, -0.1) is 0 Å². The number of aliphatic carboxylic acids is 1. The Hall–Kier alpha value is -1.65. The van der Waals surface area contributed by atoms with Crippen LogP contribution in [0.3, 0.4) is 0 Å². The largest absolute Gasteiger partial charge is 0.481 e. The second-order valence-corrected chi connectivity index (χ2v) is 3.75. The van der Waals surface area contributed by atoms with Gasteiger partial charge < -0.3 is 10.0 Å². The van der Waals surface area contributed by atoms with Gasteiger partial charge in [-0.25, -0.2) is 9.97 Å². The van der Waals surface area contributed by atoms with Crippen LogP contribution in [0.2, 0.25) is 0 Å². The molecule has 1 aromatic heterocycles. The number of rotatable bonds is 3. The van der Waals surface area contributed by atoms with Crippen LogP contribution in [-0.2, 0) is 4.79 Å². The van der Waals surface area contributed by atoms with Gasteiger partial charge in [0.1, 0.15) is 0 Å². The minimum atomic E-state index is -0.726. The van der Waals surface area contributed by atoms with E-state index in [9.17, 15) is 4.79 Å². The molecular weight excluding hydrogens is 194 g/mol. The molecule has 5 nitrogen and oxygen atoms in total. The number of carboxylic acids is 1. The Labute approximate surface area is 87.8 Å². The molecule has 0 radical (unpaired) electrons. The highest BCUT2D eigenvalue weighted by molar-refractivity contribution is 5.67. The minimum Gasteiger partial charge on any atom is -0.481 e. The molecule has 1 aliphatic rings. The molecule has 80 valence electrons. The van der Waals surface area contributed by atoms with Crippen molar-refractivity contribution in [1.29, 1.82) is 0 Å². The number of nitrogens with zero attached hydrogens (tertiary/aromatic N) is 3. The topological polar surface area (TPSA) is 66.3 Å². The van der Waals surface area contributed by atoms with Crippen LogP contribution in [0.4, 0.5) is 5.95 Å². The summed E-state index contributed by atoms with van der Waals surface area (Å²) in [5.41, 5.74) is 0. The van der Waals surface area contributed by atoms with Gasteiger partial charge >= 0.3 is 5.97 Å². The number of anilines is 1. The highest BCUT2D eigenvalue weighted by Crippen LogP contribution is 2.22. The fourth-order valence-corrected chi connectivity index (χ4v) is 1.88. The summed E-state index contributed by atoms with van der Waals surface area (Å²) in [6.45, 7) is 1.60. The standard InChI is InChI=1S/C10H13N3O2/c14-9(15)6-8-2-5-13(7-8)10-11-3-1-4-12-10/h1,3-4,8H,2,5-7H2,(H,14,15). The molecule has 5 heteroatoms. The van der Waals surface area contributed by atoms with Gasteiger partial charge in [-0.1, -0.05) is 0 Å². The highest BCUT2D eigenvalue weighted by atomic mass is 16.4. The van der Waals surface area contributed by atoms with E-state index < -0.39 is 5.97 Å². The summed E-state index contributed by atoms with van der Waals surface area (Å²) in [5.74, 6) is 0.201. The molecule has 0 saturated carbocycles. The molecule has 0 bridgehead atoms. The second-order valence-electron chi connectivity index (χ2n) is 3.75. The molecule has 1 N–H and O–H groups in total. The summed E-state index contributed by atoms with van der Waals surface area (Å²) in [5, 5.41) is 8.68. The van der Waals surface area contributed by atoms with E-state index in [0.29, 0.717) is 5.95 Å². The number of hydrogen-bond acceptors (Lipinski definition) is 4. The van der Waals surface area contributed by atoms with Gasteiger partial charge in [-0.2, -0.15) is 0 Å². The summed E-state index contributed by atoms with van der Waals surface area (Å²) >= 11 is 0. The third-order valence-electron chi connectivity index (χ3n) is 2.58. The Kier molecular flexibility index (Phi) is 2.80. The van der Waals surface area contributed by atoms with Gasteiger partial charge in [0.15, 0.2) is 0 Å². The maximum atomic E-state index is 10.5. The Balaban J connectivity index is 1.96. The van der Waals surface area contributed by atoms with E-state index in [1.165, 1.54) is 0 Å². The minimum absolute atomic E-state index is 0.228. The van der Waals surface area contributed by atoms with E-state index in [4.69, 9.17) is 5.11 Å². The van der Waals surface area contributed by atoms with E-state index in [1.807, 2.05) is 4.90 Å². The van der Waals surface area contributed by atoms with Crippen molar-refractivity contribution in [1.82, 2.24) is 9.97 Å². The zero-order valence-corrected chi connectivity index (χ0v) is 8.33. The van der Waals surface area contributed by atoms with Crippen molar-refractivity contribution in [3.05, 3.63) is 18.5 Å². The SMILES string of the molecule is O=C(O)CC1CCN(c2ncccn2)C1. The summed E-state index contributed by atoms with van der Waals surface area (Å²) < 4.78 is 0. The van der Waals surface area contributed by atoms with Crippen molar-refractivity contribution >= 4 is 11.9 Å². The molecule has 0 aliphatic carbocycles. The maximum Gasteiger partial charge on any atom is 0.303 e. The van der Waals surface area contributed by atoms with Gasteiger partial charge in [0.2, 0.25) is 5.95 Å². The molecule has 1 aromatic rings. The molecular formula is C10H13N3O2. The molecule has 0 spiro atoms. The van der Waals surface area contributed by atoms with Gasteiger partial charge in [-0.05, 0) is 18.4 Å². The lowest BCUT2D eigenvalue weighted by Crippen LogP contribution is -2.22. The first-order valence-electron chi connectivity index (χ1n) is 4.99. The van der Waals surface area contributed by atoms with Gasteiger partial charge in [0, 0.05) is 31.9 Å². The lowest BCUT2D eigenvalue weighted by atomic mass is 10.1. The molecule has 1 saturated heterocycles. The van der Waals surface area contributed by atoms with E-state index in [-0.39, 0.29) is 12.3 Å². The molecule has 0 amide bonds. The van der Waals surface area contributed by atoms with Crippen LogP contribution in [0.1, 0.15) is 12.8 Å². The molecule has 1 unspecified atom stereocenters. The number of carboxylic acid groups (broad SMARTS) is 1. The van der Waals surface area contributed by atoms with Crippen LogP contribution in [-0.4, -0.2) is 34.1 Å². The van der Waals surface area contributed by atoms with Crippen LogP contribution in [0, 0.1) is 5.92 Å². The zero-order valence-electron chi connectivity index (χ0n) is 8.33. The van der Waals surface area contributed by atoms with Crippen LogP contribution >= 0.6 is 0 Å². The van der Waals surface area contributed by atoms with Gasteiger partial charge in [0.05, 0.1) is 0 Å². The smallest absolute Gasteiger partial charge is 0.303 e. The van der Waals surface area contributed by atoms with Crippen molar-refractivity contribution in [3.63, 3.8) is 0 Å². The van der Waals surface area contributed by atoms with E-state index in [2.05, 4.69) is 9.97 Å². The van der Waals surface area contributed by atoms with Crippen molar-refractivity contribution < 1.29 is 9.90 Å². The summed E-state index contributed by atoms with van der Waals surface area (Å²) in [6.07, 6.45) is 4.55. The predicted octanol–water partition coefficient (Wildman–Crippen LogP) is 0.778. The first-order valence-corrected chi connectivity index (χ1v) is 4.99. The third-order valence-corrected chi connectivity index (χ3v) is 2.58. The zero-order chi connectivity index (χ0) is 10.7. The number of hydrogen-bond donors (Lipinski definition) is 1. The summed E-state index contributed by atoms with van der Waals surface area (Å²) in [6, 6.07) is 1.77. The lowest BCUT2D eigenvalue weighted by molar-refractivity contribution is -0.137. The molecule has 2 heterocycles. The molecule has 1 aliphatic heterocycles. The van der Waals surface area contributed by atoms with Crippen LogP contribution < -0.4 is 4.90 Å². The van der Waals surface area contributed by atoms with Crippen molar-refractivity contribution in [3.8, 4) is 0 Å². The van der Waals surface area contributed by atoms with Crippen molar-refractivity contribution in [2.45, 2.75) is 12.8 Å². The fourth-order valence-electron chi connectivity index (χ4n) is 1.88. The van der Waals surface area contributed by atoms with Crippen LogP contribution in [0.15, 0.2) is 18.5 Å². The third kappa shape index (κ3) is 2.43. The van der Waals surface area contributed by atoms with Crippen molar-refractivity contribution in [2.24, 2.45) is 5.92 Å². The average Bonchev–Trinajstić information content (AvgIpc) is 2.67. The Morgan fingerprint density at radius 1 is 1.53 bits per heavy atom. The van der Waals surface area contributed by atoms with E-state index >= 15 is 0 Å². The quantitative estimate of drug-likeness (QED) is 0.793. The maximum absolute atomic E-state index is 10.5. The number of carbonyl (C=O) groups is 1. The first-order chi connectivity index (χ1) is 7.25. The molecule has 1 atom stereocenters. The Morgan fingerprint density at radius 2 is 2.27 bits per heavy atom. The fraction of sp³-hybridized carbons (Fsp3) is 0.500. The van der Waals surface area contributed by atoms with Crippen molar-refractivity contribution in [2.75, 3.05) is 18.0 Å². The Morgan fingerprint density at radius 3 is 2.93 bits per heavy atom. The molecule has 0 aromatic carbocycles. The highest BCUT2D eigenvalue weighted by Gasteiger charge is 2.25. The number of aromatic nitrogens is 2. The van der Waals surface area contributed by atoms with E-state index in [0.717, 1.165) is 19.5 Å². The Bertz CT molecular complexity index is 342. The van der Waals surface area contributed by atoms with Gasteiger partial charge in [0.25, 0.3) is 0 Å². The molecule has 1 fully saturated rings. The monoisotopic (exact) mass is 207 g/mol. The lowest BCUT2D eigenvalue weighted by Gasteiger charge is -2.14. The van der Waals surface area contributed by atoms with E-state index in [1.54, 1.807) is 18.5 Å². The average molecular weight is 207 g/mol. The van der Waals surface area contributed by atoms with Crippen LogP contribution in [0.5, 0.6) is 0 Å². The second kappa shape index (κ2) is 4.25. The predicted molar refractivity (Wildman–Crippen MR) is 54.6 cm³/mol.